The summed E-state index contributed by atoms with van der Waals surface area (Å²) in [5.74, 6) is 0.504. The Morgan fingerprint density at radius 3 is 2.71 bits per heavy atom. The molecule has 0 bridgehead atoms. The maximum absolute atomic E-state index is 13.2. The largest absolute Gasteiger partial charge is 0.487 e. The monoisotopic (exact) mass is 235 g/mol. The molecule has 1 aromatic carbocycles. The van der Waals surface area contributed by atoms with Crippen molar-refractivity contribution in [3.05, 3.63) is 29.6 Å². The number of ether oxygens (including phenoxy) is 1. The lowest BCUT2D eigenvalue weighted by atomic mass is 9.78. The summed E-state index contributed by atoms with van der Waals surface area (Å²) in [5.41, 5.74) is 6.99. The Bertz CT molecular complexity index is 469. The van der Waals surface area contributed by atoms with Gasteiger partial charge < -0.3 is 10.5 Å². The van der Waals surface area contributed by atoms with E-state index in [0.717, 1.165) is 17.7 Å². The van der Waals surface area contributed by atoms with Gasteiger partial charge in [-0.3, -0.25) is 0 Å². The molecule has 17 heavy (non-hydrogen) atoms. The minimum absolute atomic E-state index is 0.128. The number of rotatable bonds is 1. The van der Waals surface area contributed by atoms with E-state index in [-0.39, 0.29) is 22.9 Å². The molecular weight excluding hydrogens is 217 g/mol. The second kappa shape index (κ2) is 3.22. The predicted molar refractivity (Wildman–Crippen MR) is 64.3 cm³/mol. The van der Waals surface area contributed by atoms with Crippen molar-refractivity contribution in [1.82, 2.24) is 0 Å². The summed E-state index contributed by atoms with van der Waals surface area (Å²) in [5, 5.41) is 0. The second-order valence-corrected chi connectivity index (χ2v) is 5.89. The zero-order chi connectivity index (χ0) is 12.3. The highest BCUT2D eigenvalue weighted by atomic mass is 19.1. The molecule has 1 saturated carbocycles. The molecule has 1 heterocycles. The average Bonchev–Trinajstić information content (AvgIpc) is 3.00. The molecule has 0 radical (unpaired) electrons. The van der Waals surface area contributed by atoms with E-state index in [1.165, 1.54) is 25.0 Å². The van der Waals surface area contributed by atoms with Gasteiger partial charge in [0.05, 0.1) is 0 Å². The molecule has 1 fully saturated rings. The van der Waals surface area contributed by atoms with Crippen LogP contribution in [0.1, 0.15) is 44.7 Å². The van der Waals surface area contributed by atoms with E-state index in [1.807, 2.05) is 0 Å². The Labute approximate surface area is 101 Å². The molecule has 0 spiro atoms. The van der Waals surface area contributed by atoms with Gasteiger partial charge in [-0.25, -0.2) is 4.39 Å². The first-order valence-corrected chi connectivity index (χ1v) is 6.18. The molecule has 1 aliphatic heterocycles. The Morgan fingerprint density at radius 2 is 2.06 bits per heavy atom. The molecular formula is C14H18FNO. The van der Waals surface area contributed by atoms with Gasteiger partial charge in [-0.2, -0.15) is 0 Å². The normalized spacial score (nSPS) is 33.8. The van der Waals surface area contributed by atoms with E-state index in [2.05, 4.69) is 13.8 Å². The number of benzene rings is 1. The fraction of sp³-hybridized carbons (Fsp3) is 0.571. The third kappa shape index (κ3) is 1.56. The molecule has 2 N–H and O–H groups in total. The number of hydrogen-bond acceptors (Lipinski definition) is 2. The Kier molecular flexibility index (Phi) is 2.09. The molecule has 0 saturated heterocycles. The lowest BCUT2D eigenvalue weighted by Crippen LogP contribution is -2.46. The third-order valence-electron chi connectivity index (χ3n) is 4.59. The van der Waals surface area contributed by atoms with Crippen molar-refractivity contribution >= 4 is 0 Å². The standard InChI is InChI=1S/C14H18FNO/c1-13(5-6-13)14(2)8-11(16)10-7-9(15)3-4-12(10)17-14/h3-4,7,11H,5-6,8,16H2,1-2H3/t11-,14?/m1/s1. The highest BCUT2D eigenvalue weighted by molar-refractivity contribution is 5.40. The van der Waals surface area contributed by atoms with Crippen molar-refractivity contribution in [2.45, 2.75) is 44.8 Å². The van der Waals surface area contributed by atoms with Gasteiger partial charge in [0, 0.05) is 23.4 Å². The summed E-state index contributed by atoms with van der Waals surface area (Å²) in [6, 6.07) is 4.51. The summed E-state index contributed by atoms with van der Waals surface area (Å²) in [6.45, 7) is 4.38. The summed E-state index contributed by atoms with van der Waals surface area (Å²) in [6.07, 6.45) is 3.14. The van der Waals surface area contributed by atoms with Crippen LogP contribution in [-0.4, -0.2) is 5.60 Å². The molecule has 1 unspecified atom stereocenters. The molecule has 92 valence electrons. The average molecular weight is 235 g/mol. The third-order valence-corrected chi connectivity index (χ3v) is 4.59. The predicted octanol–water partition coefficient (Wildman–Crippen LogP) is 3.17. The second-order valence-electron chi connectivity index (χ2n) is 5.89. The summed E-state index contributed by atoms with van der Waals surface area (Å²) < 4.78 is 19.3. The van der Waals surface area contributed by atoms with Crippen LogP contribution >= 0.6 is 0 Å². The lowest BCUT2D eigenvalue weighted by molar-refractivity contribution is -0.00908. The quantitative estimate of drug-likeness (QED) is 0.811. The zero-order valence-corrected chi connectivity index (χ0v) is 10.3. The van der Waals surface area contributed by atoms with Crippen LogP contribution in [0.3, 0.4) is 0 Å². The van der Waals surface area contributed by atoms with Gasteiger partial charge in [-0.15, -0.1) is 0 Å². The van der Waals surface area contributed by atoms with Crippen LogP contribution in [0.5, 0.6) is 5.75 Å². The van der Waals surface area contributed by atoms with Crippen LogP contribution in [-0.2, 0) is 0 Å². The molecule has 0 amide bonds. The Hall–Kier alpha value is -1.09. The number of fused-ring (bicyclic) bond motifs is 1. The van der Waals surface area contributed by atoms with Gasteiger partial charge in [0.25, 0.3) is 0 Å². The zero-order valence-electron chi connectivity index (χ0n) is 10.3. The topological polar surface area (TPSA) is 35.2 Å². The van der Waals surface area contributed by atoms with Crippen LogP contribution < -0.4 is 10.5 Å². The first-order chi connectivity index (χ1) is 7.94. The minimum atomic E-state index is -0.246. The lowest BCUT2D eigenvalue weighted by Gasteiger charge is -2.43. The molecule has 3 heteroatoms. The van der Waals surface area contributed by atoms with Crippen molar-refractivity contribution in [2.75, 3.05) is 0 Å². The fourth-order valence-electron chi connectivity index (χ4n) is 2.80. The summed E-state index contributed by atoms with van der Waals surface area (Å²) >= 11 is 0. The van der Waals surface area contributed by atoms with Gasteiger partial charge in [0.15, 0.2) is 0 Å². The van der Waals surface area contributed by atoms with Crippen LogP contribution in [0.25, 0.3) is 0 Å². The number of halogens is 1. The van der Waals surface area contributed by atoms with Gasteiger partial charge in [-0.05, 0) is 38.0 Å². The van der Waals surface area contributed by atoms with Gasteiger partial charge in [0.2, 0.25) is 0 Å². The van der Waals surface area contributed by atoms with E-state index in [4.69, 9.17) is 10.5 Å². The highest BCUT2D eigenvalue weighted by Gasteiger charge is 2.57. The van der Waals surface area contributed by atoms with Crippen LogP contribution in [0.4, 0.5) is 4.39 Å². The maximum Gasteiger partial charge on any atom is 0.125 e. The van der Waals surface area contributed by atoms with Crippen LogP contribution in [0, 0.1) is 11.2 Å². The van der Waals surface area contributed by atoms with E-state index in [0.29, 0.717) is 0 Å². The maximum atomic E-state index is 13.2. The molecule has 2 atom stereocenters. The van der Waals surface area contributed by atoms with Crippen molar-refractivity contribution in [1.29, 1.82) is 0 Å². The minimum Gasteiger partial charge on any atom is -0.487 e. The molecule has 3 rings (SSSR count). The summed E-state index contributed by atoms with van der Waals surface area (Å²) in [7, 11) is 0. The van der Waals surface area contributed by atoms with Gasteiger partial charge in [-0.1, -0.05) is 6.92 Å². The van der Waals surface area contributed by atoms with E-state index in [9.17, 15) is 4.39 Å². The van der Waals surface area contributed by atoms with E-state index >= 15 is 0 Å². The number of hydrogen-bond donors (Lipinski definition) is 1. The van der Waals surface area contributed by atoms with E-state index in [1.54, 1.807) is 6.07 Å². The fourth-order valence-corrected chi connectivity index (χ4v) is 2.80. The highest BCUT2D eigenvalue weighted by Crippen LogP contribution is 2.59. The molecule has 1 aromatic rings. The summed E-state index contributed by atoms with van der Waals surface area (Å²) in [4.78, 5) is 0. The van der Waals surface area contributed by atoms with Gasteiger partial charge in [0.1, 0.15) is 17.2 Å². The SMILES string of the molecule is CC1(C2(C)C[C@@H](N)c3cc(F)ccc3O2)CC1. The van der Waals surface area contributed by atoms with E-state index < -0.39 is 0 Å². The van der Waals surface area contributed by atoms with Crippen molar-refractivity contribution in [2.24, 2.45) is 11.1 Å². The molecule has 0 aromatic heterocycles. The van der Waals surface area contributed by atoms with Crippen molar-refractivity contribution in [3.63, 3.8) is 0 Å². The Balaban J connectivity index is 2.01. The first kappa shape index (κ1) is 11.0. The van der Waals surface area contributed by atoms with Crippen molar-refractivity contribution in [3.8, 4) is 5.75 Å². The van der Waals surface area contributed by atoms with Crippen LogP contribution in [0.2, 0.25) is 0 Å². The van der Waals surface area contributed by atoms with Gasteiger partial charge >= 0.3 is 0 Å². The Morgan fingerprint density at radius 1 is 1.35 bits per heavy atom. The molecule has 1 aliphatic carbocycles. The smallest absolute Gasteiger partial charge is 0.125 e. The molecule has 2 aliphatic rings. The first-order valence-electron chi connectivity index (χ1n) is 6.18. The van der Waals surface area contributed by atoms with Crippen LogP contribution in [0.15, 0.2) is 18.2 Å². The number of nitrogens with two attached hydrogens (primary N) is 1. The van der Waals surface area contributed by atoms with Crippen molar-refractivity contribution < 1.29 is 9.13 Å². The molecule has 2 nitrogen and oxygen atoms in total.